The molecule has 0 spiro atoms. The van der Waals surface area contributed by atoms with Gasteiger partial charge in [-0.25, -0.2) is 0 Å². The highest BCUT2D eigenvalue weighted by atomic mass is 16.5. The number of aliphatic hydroxyl groups excluding tert-OH is 1. The zero-order chi connectivity index (χ0) is 19.5. The molecule has 0 radical (unpaired) electrons. The van der Waals surface area contributed by atoms with Gasteiger partial charge in [0, 0.05) is 11.8 Å². The third-order valence-corrected chi connectivity index (χ3v) is 4.88. The SMILES string of the molecule is COc1ccc(C2=C(O)C(=O)N(Cc3ccccn3)C2c2ccccc2)cc1. The van der Waals surface area contributed by atoms with Crippen LogP contribution in [-0.2, 0) is 11.3 Å². The predicted molar refractivity (Wildman–Crippen MR) is 107 cm³/mol. The topological polar surface area (TPSA) is 62.7 Å². The van der Waals surface area contributed by atoms with Crippen molar-refractivity contribution in [2.75, 3.05) is 7.11 Å². The first-order valence-corrected chi connectivity index (χ1v) is 9.02. The Kier molecular flexibility index (Phi) is 4.81. The van der Waals surface area contributed by atoms with Gasteiger partial charge >= 0.3 is 0 Å². The van der Waals surface area contributed by atoms with Crippen LogP contribution in [0.5, 0.6) is 5.75 Å². The lowest BCUT2D eigenvalue weighted by Crippen LogP contribution is -2.30. The summed E-state index contributed by atoms with van der Waals surface area (Å²) in [4.78, 5) is 19.0. The molecule has 28 heavy (non-hydrogen) atoms. The second-order valence-corrected chi connectivity index (χ2v) is 6.56. The number of nitrogens with zero attached hydrogens (tertiary/aromatic N) is 2. The van der Waals surface area contributed by atoms with Crippen molar-refractivity contribution in [1.29, 1.82) is 0 Å². The number of methoxy groups -OCH3 is 1. The van der Waals surface area contributed by atoms with Crippen molar-refractivity contribution in [3.05, 3.63) is 102 Å². The molecule has 1 aromatic heterocycles. The number of carbonyl (C=O) groups is 1. The second-order valence-electron chi connectivity index (χ2n) is 6.56. The average molecular weight is 372 g/mol. The molecule has 2 aromatic carbocycles. The summed E-state index contributed by atoms with van der Waals surface area (Å²) in [5.74, 6) is 0.0926. The van der Waals surface area contributed by atoms with Crippen molar-refractivity contribution in [3.63, 3.8) is 0 Å². The van der Waals surface area contributed by atoms with Gasteiger partial charge in [0.25, 0.3) is 5.91 Å². The maximum absolute atomic E-state index is 13.0. The van der Waals surface area contributed by atoms with Crippen molar-refractivity contribution >= 4 is 11.5 Å². The molecule has 3 aromatic rings. The zero-order valence-corrected chi connectivity index (χ0v) is 15.4. The summed E-state index contributed by atoms with van der Waals surface area (Å²) in [6.07, 6.45) is 1.70. The Morgan fingerprint density at radius 3 is 2.36 bits per heavy atom. The van der Waals surface area contributed by atoms with Gasteiger partial charge < -0.3 is 14.7 Å². The lowest BCUT2D eigenvalue weighted by Gasteiger charge is -2.27. The average Bonchev–Trinajstić information content (AvgIpc) is 3.00. The first-order chi connectivity index (χ1) is 13.7. The molecule has 0 fully saturated rings. The summed E-state index contributed by atoms with van der Waals surface area (Å²) in [5, 5.41) is 10.8. The van der Waals surface area contributed by atoms with Crippen molar-refractivity contribution in [3.8, 4) is 5.75 Å². The van der Waals surface area contributed by atoms with Gasteiger partial charge in [-0.3, -0.25) is 9.78 Å². The number of benzene rings is 2. The van der Waals surface area contributed by atoms with E-state index in [0.717, 1.165) is 22.6 Å². The highest BCUT2D eigenvalue weighted by Crippen LogP contribution is 2.43. The van der Waals surface area contributed by atoms with Gasteiger partial charge in [-0.15, -0.1) is 0 Å². The summed E-state index contributed by atoms with van der Waals surface area (Å²) in [6.45, 7) is 0.308. The molecule has 5 heteroatoms. The van der Waals surface area contributed by atoms with Gasteiger partial charge in [-0.2, -0.15) is 0 Å². The first kappa shape index (κ1) is 17.8. The molecule has 1 amide bonds. The highest BCUT2D eigenvalue weighted by Gasteiger charge is 2.41. The number of rotatable bonds is 5. The number of ether oxygens (including phenoxy) is 1. The van der Waals surface area contributed by atoms with E-state index in [9.17, 15) is 9.90 Å². The van der Waals surface area contributed by atoms with E-state index >= 15 is 0 Å². The van der Waals surface area contributed by atoms with Crippen LogP contribution in [0.15, 0.2) is 84.8 Å². The molecule has 5 nitrogen and oxygen atoms in total. The highest BCUT2D eigenvalue weighted by molar-refractivity contribution is 6.05. The smallest absolute Gasteiger partial charge is 0.290 e. The molecule has 4 rings (SSSR count). The number of pyridine rings is 1. The molecule has 1 N–H and O–H groups in total. The number of hydrogen-bond acceptors (Lipinski definition) is 4. The Bertz CT molecular complexity index is 999. The summed E-state index contributed by atoms with van der Waals surface area (Å²) in [7, 11) is 1.60. The van der Waals surface area contributed by atoms with Crippen LogP contribution >= 0.6 is 0 Å². The largest absolute Gasteiger partial charge is 0.503 e. The van der Waals surface area contributed by atoms with E-state index in [4.69, 9.17) is 4.74 Å². The molecule has 1 atom stereocenters. The number of hydrogen-bond donors (Lipinski definition) is 1. The first-order valence-electron chi connectivity index (χ1n) is 9.02. The second kappa shape index (κ2) is 7.56. The fraction of sp³-hybridized carbons (Fsp3) is 0.130. The summed E-state index contributed by atoms with van der Waals surface area (Å²) < 4.78 is 5.23. The van der Waals surface area contributed by atoms with Crippen LogP contribution in [0.25, 0.3) is 5.57 Å². The van der Waals surface area contributed by atoms with Crippen LogP contribution in [0.2, 0.25) is 0 Å². The molecule has 0 saturated carbocycles. The van der Waals surface area contributed by atoms with E-state index in [-0.39, 0.29) is 5.76 Å². The molecule has 1 aliphatic heterocycles. The van der Waals surface area contributed by atoms with Gasteiger partial charge in [-0.1, -0.05) is 48.5 Å². The molecule has 0 saturated heterocycles. The van der Waals surface area contributed by atoms with Crippen LogP contribution in [0, 0.1) is 0 Å². The van der Waals surface area contributed by atoms with E-state index in [1.165, 1.54) is 0 Å². The standard InChI is InChI=1S/C23H20N2O3/c1-28-19-12-10-16(11-13-19)20-21(17-7-3-2-4-8-17)25(23(27)22(20)26)15-18-9-5-6-14-24-18/h2-14,21,26H,15H2,1H3. The van der Waals surface area contributed by atoms with E-state index in [2.05, 4.69) is 4.98 Å². The summed E-state index contributed by atoms with van der Waals surface area (Å²) in [6, 6.07) is 22.3. The monoisotopic (exact) mass is 372 g/mol. The number of aromatic nitrogens is 1. The van der Waals surface area contributed by atoms with E-state index in [0.29, 0.717) is 12.1 Å². The quantitative estimate of drug-likeness (QED) is 0.731. The Labute approximate surface area is 163 Å². The van der Waals surface area contributed by atoms with E-state index < -0.39 is 11.9 Å². The Morgan fingerprint density at radius 2 is 1.71 bits per heavy atom. The maximum atomic E-state index is 13.0. The molecule has 1 aliphatic rings. The Morgan fingerprint density at radius 1 is 1.00 bits per heavy atom. The summed E-state index contributed by atoms with van der Waals surface area (Å²) in [5.41, 5.74) is 3.07. The summed E-state index contributed by atoms with van der Waals surface area (Å²) >= 11 is 0. The van der Waals surface area contributed by atoms with Crippen LogP contribution in [0.3, 0.4) is 0 Å². The minimum absolute atomic E-state index is 0.227. The van der Waals surface area contributed by atoms with Crippen molar-refractivity contribution < 1.29 is 14.6 Å². The van der Waals surface area contributed by atoms with Gasteiger partial charge in [0.05, 0.1) is 25.4 Å². The van der Waals surface area contributed by atoms with Crippen molar-refractivity contribution in [2.24, 2.45) is 0 Å². The lowest BCUT2D eigenvalue weighted by molar-refractivity contribution is -0.130. The van der Waals surface area contributed by atoms with Crippen molar-refractivity contribution in [1.82, 2.24) is 9.88 Å². The molecule has 0 aliphatic carbocycles. The third-order valence-electron chi connectivity index (χ3n) is 4.88. The molecule has 2 heterocycles. The normalized spacial score (nSPS) is 16.5. The van der Waals surface area contributed by atoms with Crippen LogP contribution < -0.4 is 4.74 Å². The fourth-order valence-electron chi connectivity index (χ4n) is 3.53. The van der Waals surface area contributed by atoms with Gasteiger partial charge in [-0.05, 0) is 35.4 Å². The molecule has 140 valence electrons. The number of amides is 1. The zero-order valence-electron chi connectivity index (χ0n) is 15.4. The van der Waals surface area contributed by atoms with Crippen molar-refractivity contribution in [2.45, 2.75) is 12.6 Å². The van der Waals surface area contributed by atoms with Gasteiger partial charge in [0.2, 0.25) is 0 Å². The number of carbonyl (C=O) groups excluding carboxylic acids is 1. The molecular formula is C23H20N2O3. The Balaban J connectivity index is 1.79. The van der Waals surface area contributed by atoms with Gasteiger partial charge in [0.15, 0.2) is 5.76 Å². The van der Waals surface area contributed by atoms with Crippen LogP contribution in [0.4, 0.5) is 0 Å². The third kappa shape index (κ3) is 3.22. The van der Waals surface area contributed by atoms with E-state index in [1.54, 1.807) is 18.2 Å². The van der Waals surface area contributed by atoms with Crippen LogP contribution in [-0.4, -0.2) is 28.0 Å². The van der Waals surface area contributed by atoms with Crippen LogP contribution in [0.1, 0.15) is 22.9 Å². The molecular weight excluding hydrogens is 352 g/mol. The lowest BCUT2D eigenvalue weighted by atomic mass is 9.93. The van der Waals surface area contributed by atoms with E-state index in [1.807, 2.05) is 72.8 Å². The van der Waals surface area contributed by atoms with Gasteiger partial charge in [0.1, 0.15) is 5.75 Å². The number of aliphatic hydroxyl groups is 1. The maximum Gasteiger partial charge on any atom is 0.290 e. The minimum atomic E-state index is -0.399. The molecule has 1 unspecified atom stereocenters. The molecule has 0 bridgehead atoms. The Hall–Kier alpha value is -3.60. The fourth-order valence-corrected chi connectivity index (χ4v) is 3.53. The predicted octanol–water partition coefficient (Wildman–Crippen LogP) is 4.14. The minimum Gasteiger partial charge on any atom is -0.503 e.